The fourth-order valence-corrected chi connectivity index (χ4v) is 10.0. The molecule has 10 aromatic carbocycles. The van der Waals surface area contributed by atoms with Crippen LogP contribution in [0.2, 0.25) is 0 Å². The van der Waals surface area contributed by atoms with Gasteiger partial charge in [-0.05, 0) is 112 Å². The highest BCUT2D eigenvalue weighted by atomic mass is 32.1. The Morgan fingerprint density at radius 3 is 1.19 bits per heavy atom. The first kappa shape index (κ1) is 38.0. The molecule has 11 rings (SSSR count). The van der Waals surface area contributed by atoms with Gasteiger partial charge < -0.3 is 9.80 Å². The Balaban J connectivity index is 1.10. The van der Waals surface area contributed by atoms with Gasteiger partial charge in [0.1, 0.15) is 0 Å². The van der Waals surface area contributed by atoms with E-state index in [9.17, 15) is 0 Å². The Hall–Kier alpha value is -7.98. The van der Waals surface area contributed by atoms with Crippen molar-refractivity contribution < 1.29 is 0 Å². The van der Waals surface area contributed by atoms with Crippen LogP contribution in [0.15, 0.2) is 255 Å². The van der Waals surface area contributed by atoms with Gasteiger partial charge in [0.25, 0.3) is 0 Å². The standard InChI is InChI=1S/C60H42N2S/c1-4-19-43(20-5-1)46-25-14-29-50(39-46)61(51-30-15-26-47(40-51)44-21-6-2-7-22-44)52-31-17-28-49(42-52)54-33-10-12-35-56(54)62(53-32-16-27-48(41-53)45-23-8-3-9-24-45)57-36-18-38-59-60(57)55-34-11-13-37-58(55)63-59/h1-42H. The number of para-hydroxylation sites is 1. The van der Waals surface area contributed by atoms with Gasteiger partial charge in [-0.15, -0.1) is 11.3 Å². The Bertz CT molecular complexity index is 3270. The summed E-state index contributed by atoms with van der Waals surface area (Å²) in [5.41, 5.74) is 15.9. The first-order valence-corrected chi connectivity index (χ1v) is 22.2. The van der Waals surface area contributed by atoms with Crippen molar-refractivity contribution in [3.63, 3.8) is 0 Å². The highest BCUT2D eigenvalue weighted by molar-refractivity contribution is 7.26. The van der Waals surface area contributed by atoms with E-state index in [1.807, 2.05) is 11.3 Å². The number of hydrogen-bond acceptors (Lipinski definition) is 3. The number of rotatable bonds is 10. The maximum absolute atomic E-state index is 2.47. The van der Waals surface area contributed by atoms with Crippen LogP contribution in [0.4, 0.5) is 34.1 Å². The minimum Gasteiger partial charge on any atom is -0.310 e. The zero-order valence-corrected chi connectivity index (χ0v) is 35.4. The minimum absolute atomic E-state index is 1.07. The van der Waals surface area contributed by atoms with Crippen molar-refractivity contribution in [2.75, 3.05) is 9.80 Å². The molecule has 0 unspecified atom stereocenters. The third-order valence-electron chi connectivity index (χ3n) is 11.8. The molecular weight excluding hydrogens is 781 g/mol. The zero-order valence-electron chi connectivity index (χ0n) is 34.6. The van der Waals surface area contributed by atoms with Crippen molar-refractivity contribution in [2.24, 2.45) is 0 Å². The average Bonchev–Trinajstić information content (AvgIpc) is 3.75. The van der Waals surface area contributed by atoms with E-state index in [0.29, 0.717) is 0 Å². The van der Waals surface area contributed by atoms with Crippen LogP contribution in [0.3, 0.4) is 0 Å². The van der Waals surface area contributed by atoms with Crippen LogP contribution < -0.4 is 9.80 Å². The van der Waals surface area contributed by atoms with Gasteiger partial charge in [-0.2, -0.15) is 0 Å². The fraction of sp³-hybridized carbons (Fsp3) is 0. The van der Waals surface area contributed by atoms with Crippen molar-refractivity contribution in [2.45, 2.75) is 0 Å². The van der Waals surface area contributed by atoms with E-state index >= 15 is 0 Å². The van der Waals surface area contributed by atoms with E-state index in [2.05, 4.69) is 265 Å². The molecule has 1 heterocycles. The van der Waals surface area contributed by atoms with Crippen molar-refractivity contribution in [1.82, 2.24) is 0 Å². The highest BCUT2D eigenvalue weighted by Gasteiger charge is 2.23. The number of hydrogen-bond donors (Lipinski definition) is 0. The summed E-state index contributed by atoms with van der Waals surface area (Å²) in [6.07, 6.45) is 0. The quantitative estimate of drug-likeness (QED) is 0.136. The number of fused-ring (bicyclic) bond motifs is 3. The first-order valence-electron chi connectivity index (χ1n) is 21.4. The van der Waals surface area contributed by atoms with E-state index in [4.69, 9.17) is 0 Å². The van der Waals surface area contributed by atoms with Gasteiger partial charge in [-0.3, -0.25) is 0 Å². The van der Waals surface area contributed by atoms with Gasteiger partial charge in [-0.25, -0.2) is 0 Å². The third-order valence-corrected chi connectivity index (χ3v) is 13.0. The summed E-state index contributed by atoms with van der Waals surface area (Å²) in [5.74, 6) is 0. The van der Waals surface area contributed by atoms with Gasteiger partial charge in [0, 0.05) is 48.5 Å². The van der Waals surface area contributed by atoms with Crippen LogP contribution in [-0.2, 0) is 0 Å². The summed E-state index contributed by atoms with van der Waals surface area (Å²) in [7, 11) is 0. The van der Waals surface area contributed by atoms with E-state index in [0.717, 1.165) is 45.3 Å². The van der Waals surface area contributed by atoms with Crippen LogP contribution in [0.5, 0.6) is 0 Å². The van der Waals surface area contributed by atoms with Crippen LogP contribution in [0.25, 0.3) is 64.7 Å². The predicted molar refractivity (Wildman–Crippen MR) is 270 cm³/mol. The molecule has 0 fully saturated rings. The number of anilines is 6. The second-order valence-electron chi connectivity index (χ2n) is 15.7. The molecule has 0 amide bonds. The minimum atomic E-state index is 1.07. The van der Waals surface area contributed by atoms with Crippen LogP contribution in [0, 0.1) is 0 Å². The smallest absolute Gasteiger partial charge is 0.0555 e. The Morgan fingerprint density at radius 1 is 0.254 bits per heavy atom. The molecule has 0 atom stereocenters. The van der Waals surface area contributed by atoms with E-state index < -0.39 is 0 Å². The molecule has 1 aromatic heterocycles. The highest BCUT2D eigenvalue weighted by Crippen LogP contribution is 2.48. The van der Waals surface area contributed by atoms with Gasteiger partial charge in [0.2, 0.25) is 0 Å². The average molecular weight is 823 g/mol. The predicted octanol–water partition coefficient (Wildman–Crippen LogP) is 17.7. The summed E-state index contributed by atoms with van der Waals surface area (Å²) >= 11 is 1.85. The van der Waals surface area contributed by atoms with Crippen molar-refractivity contribution in [1.29, 1.82) is 0 Å². The topological polar surface area (TPSA) is 6.48 Å². The van der Waals surface area contributed by atoms with E-state index in [1.54, 1.807) is 0 Å². The molecule has 0 saturated heterocycles. The number of thiophene rings is 1. The van der Waals surface area contributed by atoms with Crippen molar-refractivity contribution in [3.8, 4) is 44.5 Å². The molecule has 298 valence electrons. The Kier molecular flexibility index (Phi) is 10.1. The molecule has 2 nitrogen and oxygen atoms in total. The maximum atomic E-state index is 2.47. The molecule has 3 heteroatoms. The second kappa shape index (κ2) is 16.8. The fourth-order valence-electron chi connectivity index (χ4n) is 8.89. The molecule has 0 bridgehead atoms. The maximum Gasteiger partial charge on any atom is 0.0555 e. The lowest BCUT2D eigenvalue weighted by Gasteiger charge is -2.30. The summed E-state index contributed by atoms with van der Waals surface area (Å²) < 4.78 is 2.55. The van der Waals surface area contributed by atoms with Gasteiger partial charge >= 0.3 is 0 Å². The Morgan fingerprint density at radius 2 is 0.635 bits per heavy atom. The van der Waals surface area contributed by atoms with Crippen molar-refractivity contribution >= 4 is 65.6 Å². The zero-order chi connectivity index (χ0) is 42.0. The van der Waals surface area contributed by atoms with Crippen LogP contribution >= 0.6 is 11.3 Å². The van der Waals surface area contributed by atoms with Gasteiger partial charge in [0.15, 0.2) is 0 Å². The van der Waals surface area contributed by atoms with Gasteiger partial charge in [0.05, 0.1) is 11.4 Å². The molecule has 0 N–H and O–H groups in total. The summed E-state index contributed by atoms with van der Waals surface area (Å²) in [6.45, 7) is 0. The third kappa shape index (κ3) is 7.46. The Labute approximate surface area is 372 Å². The molecule has 63 heavy (non-hydrogen) atoms. The number of benzene rings is 10. The molecule has 0 aliphatic carbocycles. The number of nitrogens with zero attached hydrogens (tertiary/aromatic N) is 2. The SMILES string of the molecule is c1ccc(-c2cccc(N(c3cccc(-c4ccccc4)c3)c3cccc(-c4ccccc4N(c4cccc(-c5ccccc5)c4)c4cccc5sc6ccccc6c45)c3)c2)cc1. The normalized spacial score (nSPS) is 11.2. The lowest BCUT2D eigenvalue weighted by atomic mass is 9.98. The molecule has 0 saturated carbocycles. The second-order valence-corrected chi connectivity index (χ2v) is 16.8. The van der Waals surface area contributed by atoms with Crippen molar-refractivity contribution in [3.05, 3.63) is 255 Å². The largest absolute Gasteiger partial charge is 0.310 e. The van der Waals surface area contributed by atoms with Crippen LogP contribution in [0.1, 0.15) is 0 Å². The molecule has 0 aliphatic rings. The lowest BCUT2D eigenvalue weighted by Crippen LogP contribution is -2.12. The summed E-state index contributed by atoms with van der Waals surface area (Å²) in [6, 6.07) is 92.1. The first-order chi connectivity index (χ1) is 31.2. The van der Waals surface area contributed by atoms with Gasteiger partial charge in [-0.1, -0.05) is 182 Å². The van der Waals surface area contributed by atoms with E-state index in [1.165, 1.54) is 53.6 Å². The molecule has 0 aliphatic heterocycles. The lowest BCUT2D eigenvalue weighted by molar-refractivity contribution is 1.28. The van der Waals surface area contributed by atoms with Crippen LogP contribution in [-0.4, -0.2) is 0 Å². The molecule has 0 radical (unpaired) electrons. The van der Waals surface area contributed by atoms with E-state index in [-0.39, 0.29) is 0 Å². The molecule has 11 aromatic rings. The summed E-state index contributed by atoms with van der Waals surface area (Å²) in [5, 5.41) is 2.53. The molecular formula is C60H42N2S. The monoisotopic (exact) mass is 822 g/mol. The summed E-state index contributed by atoms with van der Waals surface area (Å²) in [4.78, 5) is 4.87. The molecule has 0 spiro atoms.